The van der Waals surface area contributed by atoms with E-state index < -0.39 is 0 Å². The molecule has 4 aliphatic carbocycles. The summed E-state index contributed by atoms with van der Waals surface area (Å²) in [5.74, 6) is 2.31. The summed E-state index contributed by atoms with van der Waals surface area (Å²) in [6.45, 7) is 0. The minimum absolute atomic E-state index is 0.00973. The van der Waals surface area contributed by atoms with Crippen molar-refractivity contribution in [3.05, 3.63) is 227 Å². The Hall–Kier alpha value is -7.43. The molecule has 7 nitrogen and oxygen atoms in total. The predicted octanol–water partition coefficient (Wildman–Crippen LogP) is 11.5. The van der Waals surface area contributed by atoms with Crippen molar-refractivity contribution in [2.45, 2.75) is 61.9 Å². The number of benzene rings is 3. The standard InChI is InChI=1S/C55H43N7/c1-2-18-36(19-3-1)53-58-54(43-26-16-24-41(45-28-12-14-34-56-45)51(43)61-47-30-8-4-20-37(47)38-21-5-9-31-48(38)61)60-55(59-53)44-27-17-25-42(46-29-13-15-35-57-46)52(44)62-49-32-10-6-22-39(49)40-23-7-11-33-50(40)62/h1-6,8,10,12-15,17-23,26-30,32-35,38,40,42,48,50H,9,16,24-25,31H2. The van der Waals surface area contributed by atoms with Crippen LogP contribution in [0.1, 0.15) is 84.0 Å². The third-order valence-electron chi connectivity index (χ3n) is 13.3. The lowest BCUT2D eigenvalue weighted by atomic mass is 9.86. The van der Waals surface area contributed by atoms with E-state index in [0.29, 0.717) is 23.4 Å². The highest BCUT2D eigenvalue weighted by Gasteiger charge is 2.44. The van der Waals surface area contributed by atoms with E-state index in [9.17, 15) is 0 Å². The number of aromatic nitrogens is 5. The van der Waals surface area contributed by atoms with Crippen LogP contribution in [0.2, 0.25) is 0 Å². The summed E-state index contributed by atoms with van der Waals surface area (Å²) in [6, 6.07) is 40.8. The molecule has 3 aromatic heterocycles. The van der Waals surface area contributed by atoms with Crippen LogP contribution in [0.5, 0.6) is 0 Å². The van der Waals surface area contributed by atoms with Gasteiger partial charge in [0.1, 0.15) is 0 Å². The first-order valence-electron chi connectivity index (χ1n) is 21.9. The highest BCUT2D eigenvalue weighted by Crippen LogP contribution is 2.53. The molecule has 6 aliphatic rings. The topological polar surface area (TPSA) is 70.9 Å². The summed E-state index contributed by atoms with van der Waals surface area (Å²) in [7, 11) is 0. The van der Waals surface area contributed by atoms with Gasteiger partial charge in [-0.1, -0.05) is 121 Å². The van der Waals surface area contributed by atoms with Crippen LogP contribution in [0.4, 0.5) is 11.4 Å². The number of allylic oxidation sites excluding steroid dienone is 8. The van der Waals surface area contributed by atoms with E-state index in [0.717, 1.165) is 71.6 Å². The second kappa shape index (κ2) is 15.2. The molecule has 0 bridgehead atoms. The lowest BCUT2D eigenvalue weighted by Crippen LogP contribution is -2.36. The van der Waals surface area contributed by atoms with E-state index in [4.69, 9.17) is 24.9 Å². The van der Waals surface area contributed by atoms with Crippen LogP contribution in [0, 0.1) is 0 Å². The quantitative estimate of drug-likeness (QED) is 0.118. The second-order valence-electron chi connectivity index (χ2n) is 16.7. The lowest BCUT2D eigenvalue weighted by molar-refractivity contribution is 0.556. The van der Waals surface area contributed by atoms with Crippen LogP contribution in [0.25, 0.3) is 28.1 Å². The minimum atomic E-state index is -0.0517. The smallest absolute Gasteiger partial charge is 0.165 e. The van der Waals surface area contributed by atoms with Gasteiger partial charge < -0.3 is 9.80 Å². The van der Waals surface area contributed by atoms with Gasteiger partial charge in [-0.15, -0.1) is 0 Å². The summed E-state index contributed by atoms with van der Waals surface area (Å²) in [5.41, 5.74) is 20.1. The average molecular weight is 802 g/mol. The number of nitrogens with zero attached hydrogens (tertiary/aromatic N) is 7. The molecule has 62 heavy (non-hydrogen) atoms. The van der Waals surface area contributed by atoms with Crippen LogP contribution in [0.3, 0.4) is 0 Å². The van der Waals surface area contributed by atoms with Crippen molar-refractivity contribution in [3.8, 4) is 11.4 Å². The number of para-hydroxylation sites is 2. The highest BCUT2D eigenvalue weighted by molar-refractivity contribution is 5.95. The summed E-state index contributed by atoms with van der Waals surface area (Å²) in [6.07, 6.45) is 24.4. The van der Waals surface area contributed by atoms with E-state index in [1.807, 2.05) is 30.6 Å². The number of hydrogen-bond acceptors (Lipinski definition) is 7. The van der Waals surface area contributed by atoms with Crippen molar-refractivity contribution in [1.29, 1.82) is 0 Å². The molecule has 0 fully saturated rings. The van der Waals surface area contributed by atoms with Gasteiger partial charge in [0.05, 0.1) is 17.4 Å². The molecular formula is C55H43N7. The van der Waals surface area contributed by atoms with Gasteiger partial charge in [-0.2, -0.15) is 0 Å². The highest BCUT2D eigenvalue weighted by atomic mass is 15.2. The lowest BCUT2D eigenvalue weighted by Gasteiger charge is -2.37. The van der Waals surface area contributed by atoms with Gasteiger partial charge in [-0.05, 0) is 91.8 Å². The van der Waals surface area contributed by atoms with Crippen molar-refractivity contribution < 1.29 is 0 Å². The fourth-order valence-electron chi connectivity index (χ4n) is 10.7. The van der Waals surface area contributed by atoms with Crippen molar-refractivity contribution in [1.82, 2.24) is 24.9 Å². The molecule has 3 aromatic carbocycles. The summed E-state index contributed by atoms with van der Waals surface area (Å²) in [5, 5.41) is 0. The number of hydrogen-bond donors (Lipinski definition) is 0. The van der Waals surface area contributed by atoms with Crippen LogP contribution in [-0.2, 0) is 0 Å². The molecular weight excluding hydrogens is 759 g/mol. The zero-order valence-corrected chi connectivity index (χ0v) is 34.2. The molecule has 5 atom stereocenters. The summed E-state index contributed by atoms with van der Waals surface area (Å²) < 4.78 is 0. The molecule has 0 radical (unpaired) electrons. The van der Waals surface area contributed by atoms with Gasteiger partial charge in [-0.3, -0.25) is 9.97 Å². The number of fused-ring (bicyclic) bond motifs is 6. The Labute approximate surface area is 362 Å². The van der Waals surface area contributed by atoms with Gasteiger partial charge in [0, 0.05) is 81.2 Å². The number of pyridine rings is 2. The van der Waals surface area contributed by atoms with E-state index in [1.165, 1.54) is 28.1 Å². The molecule has 0 saturated heterocycles. The van der Waals surface area contributed by atoms with Crippen LogP contribution in [0.15, 0.2) is 193 Å². The molecule has 0 N–H and O–H groups in total. The first-order chi connectivity index (χ1) is 30.8. The number of rotatable bonds is 7. The maximum Gasteiger partial charge on any atom is 0.165 e. The van der Waals surface area contributed by atoms with Gasteiger partial charge in [-0.25, -0.2) is 15.0 Å². The molecule has 12 rings (SSSR count). The summed E-state index contributed by atoms with van der Waals surface area (Å²) in [4.78, 5) is 31.6. The van der Waals surface area contributed by atoms with Gasteiger partial charge in [0.25, 0.3) is 0 Å². The molecule has 298 valence electrons. The Morgan fingerprint density at radius 3 is 2.16 bits per heavy atom. The zero-order valence-electron chi connectivity index (χ0n) is 34.2. The maximum atomic E-state index is 5.64. The SMILES string of the molecule is C1=C=CC2C(C=1)c1ccccc1N2C1=C(c2nc(C3=CCCC(c4ccccn4)=C3N3c4ccccc4C4C=CCCC43)nc(-c3ccccc3)n2)C=CCC1c1ccccn1. The van der Waals surface area contributed by atoms with E-state index >= 15 is 0 Å². The fraction of sp³-hybridized carbons (Fsp3) is 0.182. The zero-order chi connectivity index (χ0) is 41.0. The molecule has 6 aromatic rings. The monoisotopic (exact) mass is 801 g/mol. The Balaban J connectivity index is 1.11. The van der Waals surface area contributed by atoms with Crippen LogP contribution in [-0.4, -0.2) is 37.0 Å². The summed E-state index contributed by atoms with van der Waals surface area (Å²) >= 11 is 0. The third-order valence-corrected chi connectivity index (χ3v) is 13.3. The fourth-order valence-corrected chi connectivity index (χ4v) is 10.7. The molecule has 0 spiro atoms. The van der Waals surface area contributed by atoms with Gasteiger partial charge in [0.2, 0.25) is 0 Å². The Morgan fingerprint density at radius 1 is 0.613 bits per heavy atom. The second-order valence-corrected chi connectivity index (χ2v) is 16.7. The first-order valence-corrected chi connectivity index (χ1v) is 21.9. The van der Waals surface area contributed by atoms with Crippen LogP contribution >= 0.6 is 0 Å². The Morgan fingerprint density at radius 2 is 1.34 bits per heavy atom. The first kappa shape index (κ1) is 36.4. The molecule has 0 amide bonds. The third kappa shape index (κ3) is 6.01. The molecule has 7 heteroatoms. The maximum absolute atomic E-state index is 5.64. The Bertz CT molecular complexity index is 3000. The average Bonchev–Trinajstić information content (AvgIpc) is 3.87. The van der Waals surface area contributed by atoms with Gasteiger partial charge in [0.15, 0.2) is 17.5 Å². The van der Waals surface area contributed by atoms with E-state index in [1.54, 1.807) is 0 Å². The van der Waals surface area contributed by atoms with Crippen molar-refractivity contribution in [2.24, 2.45) is 0 Å². The predicted molar refractivity (Wildman–Crippen MR) is 247 cm³/mol. The molecule has 0 saturated carbocycles. The minimum Gasteiger partial charge on any atom is -0.336 e. The van der Waals surface area contributed by atoms with Crippen LogP contribution < -0.4 is 9.80 Å². The van der Waals surface area contributed by atoms with E-state index in [2.05, 4.69) is 161 Å². The Kier molecular flexibility index (Phi) is 8.95. The molecule has 5 unspecified atom stereocenters. The molecule has 5 heterocycles. The normalized spacial score (nSPS) is 23.0. The van der Waals surface area contributed by atoms with E-state index in [-0.39, 0.29) is 23.9 Å². The van der Waals surface area contributed by atoms with Gasteiger partial charge >= 0.3 is 0 Å². The van der Waals surface area contributed by atoms with Crippen molar-refractivity contribution in [2.75, 3.05) is 9.80 Å². The number of anilines is 2. The van der Waals surface area contributed by atoms with Crippen molar-refractivity contribution >= 4 is 28.1 Å². The molecule has 2 aliphatic heterocycles. The largest absolute Gasteiger partial charge is 0.336 e. The van der Waals surface area contributed by atoms with Crippen molar-refractivity contribution in [3.63, 3.8) is 0 Å².